The lowest BCUT2D eigenvalue weighted by molar-refractivity contribution is -0.134. The van der Waals surface area contributed by atoms with Crippen LogP contribution in [-0.4, -0.2) is 40.4 Å². The van der Waals surface area contributed by atoms with E-state index in [0.29, 0.717) is 18.7 Å². The second-order valence-corrected chi connectivity index (χ2v) is 3.54. The highest BCUT2D eigenvalue weighted by Crippen LogP contribution is 2.08. The molecule has 0 saturated carbocycles. The molecule has 0 spiro atoms. The predicted molar refractivity (Wildman–Crippen MR) is 54.3 cm³/mol. The molecule has 0 rings (SSSR count). The Kier molecular flexibility index (Phi) is 8.51. The summed E-state index contributed by atoms with van der Waals surface area (Å²) in [4.78, 5) is 19.1. The molecule has 0 fully saturated rings. The number of carboxylic acid groups (broad SMARTS) is 2. The third-order valence-corrected chi connectivity index (χ3v) is 1.35. The van der Waals surface area contributed by atoms with E-state index in [1.54, 1.807) is 0 Å². The summed E-state index contributed by atoms with van der Waals surface area (Å²) < 4.78 is 0. The van der Waals surface area contributed by atoms with E-state index < -0.39 is 11.9 Å². The average molecular weight is 219 g/mol. The fourth-order valence-corrected chi connectivity index (χ4v) is 0.207. The van der Waals surface area contributed by atoms with Gasteiger partial charge in [-0.2, -0.15) is 0 Å². The minimum atomic E-state index is -1.26. The van der Waals surface area contributed by atoms with Crippen molar-refractivity contribution in [3.63, 3.8) is 0 Å². The van der Waals surface area contributed by atoms with Crippen molar-refractivity contribution in [2.45, 2.75) is 13.8 Å². The van der Waals surface area contributed by atoms with Crippen molar-refractivity contribution in [3.8, 4) is 0 Å². The molecule has 88 valence electrons. The quantitative estimate of drug-likeness (QED) is 0.481. The van der Waals surface area contributed by atoms with Crippen LogP contribution in [0.15, 0.2) is 12.2 Å². The Morgan fingerprint density at radius 3 is 1.60 bits per heavy atom. The Morgan fingerprint density at radius 2 is 1.53 bits per heavy atom. The van der Waals surface area contributed by atoms with Gasteiger partial charge >= 0.3 is 11.9 Å². The average Bonchev–Trinajstić information content (AvgIpc) is 2.16. The van der Waals surface area contributed by atoms with Gasteiger partial charge in [0.05, 0.1) is 0 Å². The first-order valence-corrected chi connectivity index (χ1v) is 4.20. The maximum Gasteiger partial charge on any atom is 0.328 e. The van der Waals surface area contributed by atoms with Gasteiger partial charge in [-0.05, 0) is 6.54 Å². The minimum absolute atomic E-state index is 0.0833. The zero-order chi connectivity index (χ0) is 12.5. The Labute approximate surface area is 88.0 Å². The van der Waals surface area contributed by atoms with Gasteiger partial charge in [-0.15, -0.1) is 0 Å². The number of hydrogen-bond donors (Lipinski definition) is 4. The number of aliphatic hydroxyl groups excluding tert-OH is 1. The summed E-state index contributed by atoms with van der Waals surface area (Å²) in [6, 6.07) is 0. The third kappa shape index (κ3) is 15.4. The van der Waals surface area contributed by atoms with E-state index in [2.05, 4.69) is 0 Å². The van der Waals surface area contributed by atoms with Gasteiger partial charge in [-0.3, -0.25) is 0 Å². The lowest BCUT2D eigenvalue weighted by atomic mass is 9.96. The van der Waals surface area contributed by atoms with Crippen LogP contribution in [0.25, 0.3) is 0 Å². The van der Waals surface area contributed by atoms with Crippen LogP contribution in [-0.2, 0) is 9.59 Å². The van der Waals surface area contributed by atoms with Crippen LogP contribution >= 0.6 is 0 Å². The van der Waals surface area contributed by atoms with Crippen LogP contribution in [0.1, 0.15) is 13.8 Å². The first-order chi connectivity index (χ1) is 6.75. The van der Waals surface area contributed by atoms with Crippen LogP contribution in [0.2, 0.25) is 0 Å². The van der Waals surface area contributed by atoms with E-state index in [1.165, 1.54) is 0 Å². The number of aliphatic carboxylic acids is 2. The molecule has 6 nitrogen and oxygen atoms in total. The van der Waals surface area contributed by atoms with Crippen LogP contribution in [0.4, 0.5) is 0 Å². The fraction of sp³-hybridized carbons (Fsp3) is 0.556. The van der Waals surface area contributed by atoms with Crippen molar-refractivity contribution in [1.29, 1.82) is 0 Å². The van der Waals surface area contributed by atoms with Gasteiger partial charge in [0.1, 0.15) is 0 Å². The molecule has 0 aromatic rings. The SMILES string of the molecule is CC(C)(CN)CO.O=C(O)C=CC(=O)O. The molecule has 0 aliphatic carbocycles. The van der Waals surface area contributed by atoms with Crippen molar-refractivity contribution in [2.75, 3.05) is 13.2 Å². The Morgan fingerprint density at radius 1 is 1.20 bits per heavy atom. The van der Waals surface area contributed by atoms with E-state index in [1.807, 2.05) is 13.8 Å². The number of carboxylic acids is 2. The van der Waals surface area contributed by atoms with E-state index in [-0.39, 0.29) is 12.0 Å². The van der Waals surface area contributed by atoms with Gasteiger partial charge in [0.2, 0.25) is 0 Å². The molecule has 0 aromatic heterocycles. The molecular weight excluding hydrogens is 202 g/mol. The highest BCUT2D eigenvalue weighted by molar-refractivity contribution is 5.89. The lowest BCUT2D eigenvalue weighted by Crippen LogP contribution is -2.26. The fourth-order valence-electron chi connectivity index (χ4n) is 0.207. The summed E-state index contributed by atoms with van der Waals surface area (Å²) in [6.07, 6.45) is 1.12. The maximum atomic E-state index is 9.55. The topological polar surface area (TPSA) is 121 Å². The number of nitrogens with two attached hydrogens (primary N) is 1. The Bertz CT molecular complexity index is 213. The van der Waals surface area contributed by atoms with Crippen LogP contribution in [0.3, 0.4) is 0 Å². The van der Waals surface area contributed by atoms with E-state index in [4.69, 9.17) is 21.1 Å². The summed E-state index contributed by atoms with van der Waals surface area (Å²) in [5, 5.41) is 24.1. The van der Waals surface area contributed by atoms with Crippen LogP contribution in [0.5, 0.6) is 0 Å². The molecule has 0 unspecified atom stereocenters. The molecule has 0 amide bonds. The van der Waals surface area contributed by atoms with Gasteiger partial charge in [0.15, 0.2) is 0 Å². The van der Waals surface area contributed by atoms with E-state index >= 15 is 0 Å². The van der Waals surface area contributed by atoms with Crippen LogP contribution < -0.4 is 5.73 Å². The van der Waals surface area contributed by atoms with Crippen molar-refractivity contribution in [1.82, 2.24) is 0 Å². The number of hydrogen-bond acceptors (Lipinski definition) is 4. The first-order valence-electron chi connectivity index (χ1n) is 4.20. The molecule has 15 heavy (non-hydrogen) atoms. The summed E-state index contributed by atoms with van der Waals surface area (Å²) >= 11 is 0. The van der Waals surface area contributed by atoms with Crippen molar-refractivity contribution in [3.05, 3.63) is 12.2 Å². The molecule has 0 aliphatic rings. The molecule has 0 heterocycles. The maximum absolute atomic E-state index is 9.55. The second kappa shape index (κ2) is 7.95. The third-order valence-electron chi connectivity index (χ3n) is 1.35. The van der Waals surface area contributed by atoms with Crippen molar-refractivity contribution >= 4 is 11.9 Å². The molecule has 0 aliphatic heterocycles. The molecular formula is C9H17NO5. The van der Waals surface area contributed by atoms with Crippen molar-refractivity contribution in [2.24, 2.45) is 11.1 Å². The predicted octanol–water partition coefficient (Wildman–Crippen LogP) is -0.325. The molecule has 0 saturated heterocycles. The Balaban J connectivity index is 0. The van der Waals surface area contributed by atoms with Gasteiger partial charge in [0.25, 0.3) is 0 Å². The zero-order valence-electron chi connectivity index (χ0n) is 8.80. The minimum Gasteiger partial charge on any atom is -0.478 e. The second-order valence-electron chi connectivity index (χ2n) is 3.54. The summed E-state index contributed by atoms with van der Waals surface area (Å²) in [5.74, 6) is -2.51. The molecule has 0 bridgehead atoms. The number of rotatable bonds is 4. The molecule has 6 heteroatoms. The smallest absolute Gasteiger partial charge is 0.328 e. The standard InChI is InChI=1S/C5H13NO.C4H4O4/c1-5(2,3-6)4-7;5-3(6)1-2-4(7)8/h7H,3-4,6H2,1-2H3;1-2H,(H,5,6)(H,7,8). The Hall–Kier alpha value is -1.40. The highest BCUT2D eigenvalue weighted by Gasteiger charge is 2.11. The normalized spacial score (nSPS) is 10.7. The van der Waals surface area contributed by atoms with Crippen molar-refractivity contribution < 1.29 is 24.9 Å². The molecule has 0 atom stereocenters. The monoisotopic (exact) mass is 219 g/mol. The summed E-state index contributed by atoms with van der Waals surface area (Å²) in [7, 11) is 0. The molecule has 0 radical (unpaired) electrons. The van der Waals surface area contributed by atoms with Crippen LogP contribution in [0, 0.1) is 5.41 Å². The summed E-state index contributed by atoms with van der Waals surface area (Å²) in [5.41, 5.74) is 5.17. The van der Waals surface area contributed by atoms with Gasteiger partial charge in [0, 0.05) is 24.2 Å². The lowest BCUT2D eigenvalue weighted by Gasteiger charge is -2.17. The largest absolute Gasteiger partial charge is 0.478 e. The highest BCUT2D eigenvalue weighted by atomic mass is 16.4. The number of aliphatic hydroxyl groups is 1. The van der Waals surface area contributed by atoms with E-state index in [0.717, 1.165) is 0 Å². The van der Waals surface area contributed by atoms with E-state index in [9.17, 15) is 9.59 Å². The summed E-state index contributed by atoms with van der Waals surface area (Å²) in [6.45, 7) is 4.56. The number of carbonyl (C=O) groups is 2. The van der Waals surface area contributed by atoms with Gasteiger partial charge in [-0.25, -0.2) is 9.59 Å². The zero-order valence-corrected chi connectivity index (χ0v) is 8.80. The molecule has 0 aromatic carbocycles. The molecule has 5 N–H and O–H groups in total. The van der Waals surface area contributed by atoms with Gasteiger partial charge < -0.3 is 21.1 Å². The first kappa shape index (κ1) is 16.0. The van der Waals surface area contributed by atoms with Gasteiger partial charge in [-0.1, -0.05) is 13.8 Å².